The third kappa shape index (κ3) is 2.61. The van der Waals surface area contributed by atoms with Crippen LogP contribution in [0.5, 0.6) is 0 Å². The minimum absolute atomic E-state index is 0.0164. The second kappa shape index (κ2) is 5.36. The van der Waals surface area contributed by atoms with E-state index in [4.69, 9.17) is 0 Å². The van der Waals surface area contributed by atoms with Crippen molar-refractivity contribution in [2.24, 2.45) is 0 Å². The summed E-state index contributed by atoms with van der Waals surface area (Å²) in [5, 5.41) is 7.47. The summed E-state index contributed by atoms with van der Waals surface area (Å²) in [6, 6.07) is 9.64. The molecule has 0 saturated carbocycles. The van der Waals surface area contributed by atoms with Crippen molar-refractivity contribution in [2.75, 3.05) is 10.6 Å². The molecule has 2 N–H and O–H groups in total. The van der Waals surface area contributed by atoms with Crippen LogP contribution in [0.4, 0.5) is 11.4 Å². The van der Waals surface area contributed by atoms with E-state index in [1.54, 1.807) is 0 Å². The molecule has 0 fully saturated rings. The van der Waals surface area contributed by atoms with E-state index < -0.39 is 0 Å². The van der Waals surface area contributed by atoms with Crippen LogP contribution in [0.25, 0.3) is 22.3 Å². The van der Waals surface area contributed by atoms with Crippen molar-refractivity contribution in [2.45, 2.75) is 71.9 Å². The highest BCUT2D eigenvalue weighted by Crippen LogP contribution is 2.54. The average molecular weight is 385 g/mol. The standard InChI is InChI=1S/C27H32N2/c1-15-13-25(3,4)28-23-11-21-19(9-17(15)23)20-10-18-16(2)14-26(5,6)29-24(18)12-22(20)27(21,7)8/h9-14,28-29H,1-8H3. The number of nitrogens with one attached hydrogen (secondary N) is 2. The van der Waals surface area contributed by atoms with Gasteiger partial charge in [-0.25, -0.2) is 0 Å². The first kappa shape index (κ1) is 18.5. The molecule has 1 aliphatic carbocycles. The lowest BCUT2D eigenvalue weighted by Crippen LogP contribution is -2.32. The van der Waals surface area contributed by atoms with E-state index >= 15 is 0 Å². The molecule has 2 heterocycles. The molecule has 150 valence electrons. The van der Waals surface area contributed by atoms with Crippen LogP contribution in [-0.2, 0) is 5.41 Å². The molecular weight excluding hydrogens is 352 g/mol. The molecule has 0 radical (unpaired) electrons. The van der Waals surface area contributed by atoms with Gasteiger partial charge in [0, 0.05) is 27.9 Å². The second-order valence-electron chi connectivity index (χ2n) is 10.9. The zero-order valence-corrected chi connectivity index (χ0v) is 19.0. The number of rotatable bonds is 0. The molecule has 29 heavy (non-hydrogen) atoms. The van der Waals surface area contributed by atoms with Gasteiger partial charge in [0.1, 0.15) is 0 Å². The van der Waals surface area contributed by atoms with Crippen molar-refractivity contribution in [1.82, 2.24) is 0 Å². The summed E-state index contributed by atoms with van der Waals surface area (Å²) in [7, 11) is 0. The Labute approximate surface area is 175 Å². The summed E-state index contributed by atoms with van der Waals surface area (Å²) in [6.07, 6.45) is 4.68. The monoisotopic (exact) mass is 384 g/mol. The fourth-order valence-corrected chi connectivity index (χ4v) is 5.69. The molecule has 0 amide bonds. The Morgan fingerprint density at radius 1 is 0.552 bits per heavy atom. The van der Waals surface area contributed by atoms with Crippen LogP contribution in [0.2, 0.25) is 0 Å². The van der Waals surface area contributed by atoms with Gasteiger partial charge in [0.2, 0.25) is 0 Å². The normalized spacial score (nSPS) is 21.5. The highest BCUT2D eigenvalue weighted by atomic mass is 15.0. The third-order valence-electron chi connectivity index (χ3n) is 6.87. The Balaban J connectivity index is 1.75. The van der Waals surface area contributed by atoms with Crippen molar-refractivity contribution in [1.29, 1.82) is 0 Å². The Bertz CT molecular complexity index is 1050. The molecule has 2 nitrogen and oxygen atoms in total. The average Bonchev–Trinajstić information content (AvgIpc) is 2.77. The molecular formula is C27H32N2. The first-order valence-electron chi connectivity index (χ1n) is 10.7. The lowest BCUT2D eigenvalue weighted by molar-refractivity contribution is 0.656. The maximum Gasteiger partial charge on any atom is 0.0505 e. The van der Waals surface area contributed by atoms with E-state index in [0.29, 0.717) is 0 Å². The van der Waals surface area contributed by atoms with Crippen LogP contribution in [0.1, 0.15) is 77.6 Å². The predicted octanol–water partition coefficient (Wildman–Crippen LogP) is 7.21. The van der Waals surface area contributed by atoms with Crippen molar-refractivity contribution in [3.8, 4) is 11.1 Å². The first-order chi connectivity index (χ1) is 13.4. The molecule has 0 unspecified atom stereocenters. The van der Waals surface area contributed by atoms with Crippen LogP contribution in [0, 0.1) is 0 Å². The summed E-state index contributed by atoms with van der Waals surface area (Å²) in [4.78, 5) is 0. The lowest BCUT2D eigenvalue weighted by Gasteiger charge is -2.33. The van der Waals surface area contributed by atoms with Gasteiger partial charge in [0.25, 0.3) is 0 Å². The Kier molecular flexibility index (Phi) is 3.42. The van der Waals surface area contributed by atoms with Crippen molar-refractivity contribution < 1.29 is 0 Å². The van der Waals surface area contributed by atoms with Crippen molar-refractivity contribution in [3.05, 3.63) is 58.7 Å². The number of allylic oxidation sites excluding steroid dienone is 2. The molecule has 0 spiro atoms. The molecule has 0 bridgehead atoms. The minimum atomic E-state index is -0.0174. The second-order valence-corrected chi connectivity index (χ2v) is 10.9. The molecule has 2 heteroatoms. The van der Waals surface area contributed by atoms with E-state index in [0.717, 1.165) is 0 Å². The van der Waals surface area contributed by atoms with Gasteiger partial charge in [0.15, 0.2) is 0 Å². The van der Waals surface area contributed by atoms with Crippen LogP contribution < -0.4 is 10.6 Å². The highest BCUT2D eigenvalue weighted by Gasteiger charge is 2.39. The molecule has 3 aliphatic rings. The highest BCUT2D eigenvalue weighted by molar-refractivity contribution is 5.93. The Morgan fingerprint density at radius 2 is 0.931 bits per heavy atom. The molecule has 2 aliphatic heterocycles. The van der Waals surface area contributed by atoms with Crippen LogP contribution in [0.3, 0.4) is 0 Å². The molecule has 2 aromatic carbocycles. The number of benzene rings is 2. The van der Waals surface area contributed by atoms with Crippen molar-refractivity contribution >= 4 is 22.5 Å². The summed E-state index contributed by atoms with van der Waals surface area (Å²) in [5.74, 6) is 0. The Hall–Kier alpha value is -2.48. The van der Waals surface area contributed by atoms with Gasteiger partial charge >= 0.3 is 0 Å². The largest absolute Gasteiger partial charge is 0.376 e. The molecule has 0 saturated heterocycles. The van der Waals surface area contributed by atoms with Gasteiger partial charge in [-0.05, 0) is 99.2 Å². The quantitative estimate of drug-likeness (QED) is 0.501. The maximum absolute atomic E-state index is 3.74. The number of hydrogen-bond donors (Lipinski definition) is 2. The van der Waals surface area contributed by atoms with Crippen LogP contribution in [0.15, 0.2) is 36.4 Å². The number of hydrogen-bond acceptors (Lipinski definition) is 2. The number of fused-ring (bicyclic) bond motifs is 5. The lowest BCUT2D eigenvalue weighted by atomic mass is 9.80. The van der Waals surface area contributed by atoms with E-state index in [-0.39, 0.29) is 16.5 Å². The summed E-state index contributed by atoms with van der Waals surface area (Å²) >= 11 is 0. The predicted molar refractivity (Wildman–Crippen MR) is 127 cm³/mol. The minimum Gasteiger partial charge on any atom is -0.376 e. The molecule has 0 atom stereocenters. The SMILES string of the molecule is CC1=CC(C)(C)Nc2cc3c(cc21)-c1cc2c(cc1C3(C)C)NC(C)(C)C=C2C. The first-order valence-corrected chi connectivity index (χ1v) is 10.7. The van der Waals surface area contributed by atoms with Gasteiger partial charge in [-0.2, -0.15) is 0 Å². The fourth-order valence-electron chi connectivity index (χ4n) is 5.69. The summed E-state index contributed by atoms with van der Waals surface area (Å²) < 4.78 is 0. The van der Waals surface area contributed by atoms with Crippen LogP contribution in [-0.4, -0.2) is 11.1 Å². The maximum atomic E-state index is 3.74. The molecule has 2 aromatic rings. The zero-order valence-electron chi connectivity index (χ0n) is 19.0. The van der Waals surface area contributed by atoms with E-state index in [2.05, 4.69) is 102 Å². The van der Waals surface area contributed by atoms with Gasteiger partial charge in [-0.1, -0.05) is 26.0 Å². The van der Waals surface area contributed by atoms with Gasteiger partial charge in [-0.15, -0.1) is 0 Å². The number of anilines is 2. The summed E-state index contributed by atoms with van der Waals surface area (Å²) in [5.41, 5.74) is 13.5. The van der Waals surface area contributed by atoms with Gasteiger partial charge in [0.05, 0.1) is 11.1 Å². The molecule has 5 rings (SSSR count). The van der Waals surface area contributed by atoms with Crippen molar-refractivity contribution in [3.63, 3.8) is 0 Å². The Morgan fingerprint density at radius 3 is 1.31 bits per heavy atom. The van der Waals surface area contributed by atoms with E-state index in [1.807, 2.05) is 0 Å². The zero-order chi connectivity index (χ0) is 20.9. The molecule has 0 aromatic heterocycles. The summed E-state index contributed by atoms with van der Waals surface area (Å²) in [6.45, 7) is 18.2. The van der Waals surface area contributed by atoms with E-state index in [9.17, 15) is 0 Å². The van der Waals surface area contributed by atoms with Crippen LogP contribution >= 0.6 is 0 Å². The fraction of sp³-hybridized carbons (Fsp3) is 0.407. The topological polar surface area (TPSA) is 24.1 Å². The van der Waals surface area contributed by atoms with E-state index in [1.165, 1.54) is 55.9 Å². The van der Waals surface area contributed by atoms with Gasteiger partial charge < -0.3 is 10.6 Å². The van der Waals surface area contributed by atoms with Gasteiger partial charge in [-0.3, -0.25) is 0 Å². The smallest absolute Gasteiger partial charge is 0.0505 e. The third-order valence-corrected chi connectivity index (χ3v) is 6.87.